The molecule has 3 fully saturated rings. The molecular formula is C28H37N3O4S. The van der Waals surface area contributed by atoms with E-state index in [1.54, 1.807) is 38.6 Å². The fourth-order valence-corrected chi connectivity index (χ4v) is 8.52. The van der Waals surface area contributed by atoms with Gasteiger partial charge in [-0.25, -0.2) is 0 Å². The minimum Gasteiger partial charge on any atom is -0.395 e. The van der Waals surface area contributed by atoms with E-state index in [2.05, 4.69) is 13.2 Å². The fourth-order valence-electron chi connectivity index (χ4n) is 6.32. The van der Waals surface area contributed by atoms with Crippen LogP contribution in [-0.4, -0.2) is 85.8 Å². The van der Waals surface area contributed by atoms with Crippen LogP contribution in [0.4, 0.5) is 0 Å². The molecule has 0 aromatic heterocycles. The van der Waals surface area contributed by atoms with E-state index in [1.165, 1.54) is 0 Å². The van der Waals surface area contributed by atoms with Crippen LogP contribution in [0.25, 0.3) is 0 Å². The molecule has 2 unspecified atom stereocenters. The molecule has 3 aliphatic heterocycles. The van der Waals surface area contributed by atoms with Crippen LogP contribution in [0.2, 0.25) is 0 Å². The lowest BCUT2D eigenvalue weighted by Gasteiger charge is -2.38. The molecule has 0 aliphatic carbocycles. The predicted molar refractivity (Wildman–Crippen MR) is 142 cm³/mol. The Bertz CT molecular complexity index is 1020. The Morgan fingerprint density at radius 2 is 1.89 bits per heavy atom. The Morgan fingerprint density at radius 3 is 2.50 bits per heavy atom. The van der Waals surface area contributed by atoms with Gasteiger partial charge in [0.05, 0.1) is 23.2 Å². The van der Waals surface area contributed by atoms with Gasteiger partial charge in [0, 0.05) is 37.5 Å². The number of hydrogen-bond donors (Lipinski definition) is 1. The second-order valence-electron chi connectivity index (χ2n) is 10.2. The van der Waals surface area contributed by atoms with Crippen molar-refractivity contribution in [1.29, 1.82) is 0 Å². The van der Waals surface area contributed by atoms with Gasteiger partial charge in [0.1, 0.15) is 6.04 Å². The number of rotatable bonds is 11. The molecule has 5 atom stereocenters. The molecule has 1 N–H and O–H groups in total. The zero-order valence-electron chi connectivity index (χ0n) is 21.2. The van der Waals surface area contributed by atoms with Crippen molar-refractivity contribution in [3.8, 4) is 0 Å². The number of β-amino-alcohol motifs (C(OH)–C–C–N with tert-alkyl or cyclic N) is 1. The molecule has 3 saturated heterocycles. The van der Waals surface area contributed by atoms with Crippen molar-refractivity contribution in [2.45, 2.75) is 55.3 Å². The van der Waals surface area contributed by atoms with Gasteiger partial charge in [-0.2, -0.15) is 0 Å². The number of benzene rings is 1. The Balaban J connectivity index is 1.69. The van der Waals surface area contributed by atoms with Crippen molar-refractivity contribution < 1.29 is 19.5 Å². The smallest absolute Gasteiger partial charge is 0.247 e. The van der Waals surface area contributed by atoms with Gasteiger partial charge in [-0.05, 0) is 32.3 Å². The summed E-state index contributed by atoms with van der Waals surface area (Å²) in [7, 11) is 0. The fraction of sp³-hybridized carbons (Fsp3) is 0.536. The molecule has 3 heterocycles. The van der Waals surface area contributed by atoms with E-state index in [4.69, 9.17) is 0 Å². The number of aliphatic hydroxyl groups is 1. The van der Waals surface area contributed by atoms with Crippen LogP contribution in [0.5, 0.6) is 0 Å². The molecule has 3 amide bonds. The van der Waals surface area contributed by atoms with E-state index in [-0.39, 0.29) is 42.2 Å². The molecule has 3 aliphatic rings. The number of likely N-dealkylation sites (tertiary alicyclic amines) is 1. The minimum absolute atomic E-state index is 0.00646. The third kappa shape index (κ3) is 4.39. The summed E-state index contributed by atoms with van der Waals surface area (Å²) in [6, 6.07) is 9.04. The number of nitrogens with zero attached hydrogens (tertiary/aromatic N) is 3. The van der Waals surface area contributed by atoms with E-state index in [1.807, 2.05) is 44.2 Å². The van der Waals surface area contributed by atoms with Crippen LogP contribution >= 0.6 is 11.8 Å². The average molecular weight is 512 g/mol. The third-order valence-corrected chi connectivity index (χ3v) is 9.72. The lowest BCUT2D eigenvalue weighted by Crippen LogP contribution is -2.56. The molecule has 0 radical (unpaired) electrons. The van der Waals surface area contributed by atoms with Crippen molar-refractivity contribution in [1.82, 2.24) is 14.7 Å². The third-order valence-electron chi connectivity index (χ3n) is 7.77. The maximum atomic E-state index is 14.0. The van der Waals surface area contributed by atoms with Crippen LogP contribution in [-0.2, 0) is 20.9 Å². The summed E-state index contributed by atoms with van der Waals surface area (Å²) in [6.45, 7) is 12.6. The van der Waals surface area contributed by atoms with Gasteiger partial charge in [-0.3, -0.25) is 14.4 Å². The molecule has 2 bridgehead atoms. The summed E-state index contributed by atoms with van der Waals surface area (Å²) in [5.41, 5.74) is 1.02. The molecule has 0 saturated carbocycles. The maximum absolute atomic E-state index is 14.0. The molecule has 4 rings (SSSR count). The molecule has 36 heavy (non-hydrogen) atoms. The summed E-state index contributed by atoms with van der Waals surface area (Å²) in [6.07, 6.45) is 4.91. The first-order valence-electron chi connectivity index (χ1n) is 12.7. The summed E-state index contributed by atoms with van der Waals surface area (Å²) in [5.74, 6) is -1.43. The molecule has 1 aromatic carbocycles. The van der Waals surface area contributed by atoms with E-state index < -0.39 is 22.6 Å². The lowest BCUT2D eigenvalue weighted by atomic mass is 9.70. The van der Waals surface area contributed by atoms with Gasteiger partial charge in [0.2, 0.25) is 17.7 Å². The number of aliphatic hydroxyl groups excluding tert-OH is 1. The molecular weight excluding hydrogens is 474 g/mol. The van der Waals surface area contributed by atoms with E-state index in [0.717, 1.165) is 12.0 Å². The zero-order chi connectivity index (χ0) is 26.0. The Morgan fingerprint density at radius 1 is 1.19 bits per heavy atom. The molecule has 1 spiro atoms. The number of amides is 3. The Hall–Kier alpha value is -2.58. The van der Waals surface area contributed by atoms with E-state index in [9.17, 15) is 19.5 Å². The first kappa shape index (κ1) is 26.5. The minimum atomic E-state index is -0.695. The number of thioether (sulfide) groups is 1. The molecule has 1 aromatic rings. The standard InChI is InChI=1S/C28H37N3O4S/c1-5-14-29(18-20-10-8-7-9-11-20)25(33)22-21-12-13-28(36-21)23(22)26(34)31(16-17-32)24(28)27(35)30(15-6-2)19(3)4/h5-11,19,21-24,32H,1-2,12-18H2,3-4H3/t21-,22+,23+,24?,28?/m1/s1. The monoisotopic (exact) mass is 511 g/mol. The van der Waals surface area contributed by atoms with Gasteiger partial charge in [0.15, 0.2) is 0 Å². The van der Waals surface area contributed by atoms with Gasteiger partial charge in [-0.1, -0.05) is 42.5 Å². The first-order chi connectivity index (χ1) is 17.3. The second-order valence-corrected chi connectivity index (χ2v) is 11.8. The van der Waals surface area contributed by atoms with Crippen LogP contribution < -0.4 is 0 Å². The average Bonchev–Trinajstić information content (AvgIpc) is 3.50. The van der Waals surface area contributed by atoms with Gasteiger partial charge in [0.25, 0.3) is 0 Å². The maximum Gasteiger partial charge on any atom is 0.247 e. The van der Waals surface area contributed by atoms with Crippen molar-refractivity contribution in [3.63, 3.8) is 0 Å². The van der Waals surface area contributed by atoms with Crippen molar-refractivity contribution in [2.24, 2.45) is 11.8 Å². The van der Waals surface area contributed by atoms with Crippen molar-refractivity contribution >= 4 is 29.5 Å². The molecule has 8 heteroatoms. The summed E-state index contributed by atoms with van der Waals surface area (Å²) in [4.78, 5) is 47.0. The Kier molecular flexibility index (Phi) is 7.95. The van der Waals surface area contributed by atoms with Crippen molar-refractivity contribution in [3.05, 3.63) is 61.2 Å². The number of fused-ring (bicyclic) bond motifs is 1. The molecule has 7 nitrogen and oxygen atoms in total. The second kappa shape index (κ2) is 10.8. The van der Waals surface area contributed by atoms with Gasteiger partial charge >= 0.3 is 0 Å². The van der Waals surface area contributed by atoms with Crippen LogP contribution in [0.15, 0.2) is 55.6 Å². The van der Waals surface area contributed by atoms with Crippen LogP contribution in [0, 0.1) is 11.8 Å². The van der Waals surface area contributed by atoms with Crippen LogP contribution in [0.3, 0.4) is 0 Å². The molecule has 194 valence electrons. The SMILES string of the molecule is C=CCN(Cc1ccccc1)C(=O)[C@@H]1[C@H]2C(=O)N(CCO)C(C(=O)N(CC=C)C(C)C)C23CC[C@H]1S3. The summed E-state index contributed by atoms with van der Waals surface area (Å²) < 4.78 is -0.658. The topological polar surface area (TPSA) is 81.2 Å². The van der Waals surface area contributed by atoms with E-state index >= 15 is 0 Å². The normalized spacial score (nSPS) is 28.3. The van der Waals surface area contributed by atoms with Crippen molar-refractivity contribution in [2.75, 3.05) is 26.2 Å². The highest BCUT2D eigenvalue weighted by molar-refractivity contribution is 8.02. The lowest BCUT2D eigenvalue weighted by molar-refractivity contribution is -0.145. The largest absolute Gasteiger partial charge is 0.395 e. The predicted octanol–water partition coefficient (Wildman–Crippen LogP) is 2.71. The summed E-state index contributed by atoms with van der Waals surface area (Å²) >= 11 is 1.65. The highest BCUT2D eigenvalue weighted by atomic mass is 32.2. The van der Waals surface area contributed by atoms with E-state index in [0.29, 0.717) is 26.1 Å². The zero-order valence-corrected chi connectivity index (χ0v) is 22.0. The quantitative estimate of drug-likeness (QED) is 0.462. The highest BCUT2D eigenvalue weighted by Crippen LogP contribution is 2.66. The summed E-state index contributed by atoms with van der Waals surface area (Å²) in [5, 5.41) is 9.79. The number of hydrogen-bond acceptors (Lipinski definition) is 5. The van der Waals surface area contributed by atoms with Crippen LogP contribution in [0.1, 0.15) is 32.3 Å². The first-order valence-corrected chi connectivity index (χ1v) is 13.6. The Labute approximate surface area is 218 Å². The number of carbonyl (C=O) groups excluding carboxylic acids is 3. The van der Waals surface area contributed by atoms with Gasteiger partial charge < -0.3 is 19.8 Å². The van der Waals surface area contributed by atoms with Gasteiger partial charge in [-0.15, -0.1) is 24.9 Å². The number of carbonyl (C=O) groups is 3. The highest BCUT2D eigenvalue weighted by Gasteiger charge is 2.74.